The molecule has 1 fully saturated rings. The molecule has 0 atom stereocenters. The highest BCUT2D eigenvalue weighted by atomic mass is 16.7. The van der Waals surface area contributed by atoms with Gasteiger partial charge < -0.3 is 24.0 Å². The van der Waals surface area contributed by atoms with Crippen LogP contribution >= 0.6 is 0 Å². The minimum Gasteiger partial charge on any atom is -0.477 e. The first-order valence-corrected chi connectivity index (χ1v) is 12.0. The van der Waals surface area contributed by atoms with E-state index in [0.29, 0.717) is 43.9 Å². The quantitative estimate of drug-likeness (QED) is 0.407. The molecular weight excluding hydrogens is 480 g/mol. The summed E-state index contributed by atoms with van der Waals surface area (Å²) in [5.41, 5.74) is 0.0568. The Labute approximate surface area is 212 Å². The van der Waals surface area contributed by atoms with Gasteiger partial charge in [0.2, 0.25) is 12.2 Å². The molecule has 0 unspecified atom stereocenters. The van der Waals surface area contributed by atoms with Gasteiger partial charge in [-0.25, -0.2) is 4.79 Å². The van der Waals surface area contributed by atoms with Gasteiger partial charge in [0.15, 0.2) is 11.5 Å². The summed E-state index contributed by atoms with van der Waals surface area (Å²) < 4.78 is 12.5. The van der Waals surface area contributed by atoms with Crippen molar-refractivity contribution in [3.05, 3.63) is 68.0 Å². The SMILES string of the molecule is CC(C)(C)n1cc(C(=O)O)c(=O)c2cc([N+](=O)[O-])c(N3CCN(Cc4ccc5c(c4)OCO5)CC3)cc21. The number of carboxylic acids is 1. The average molecular weight is 509 g/mol. The van der Waals surface area contributed by atoms with Crippen LogP contribution in [0.5, 0.6) is 11.5 Å². The standard InChI is InChI=1S/C26H28N4O7/c1-26(2,3)29-14-18(25(32)33)24(31)17-11-21(30(34)35)20(12-19(17)29)28-8-6-27(7-9-28)13-16-4-5-22-23(10-16)37-15-36-22/h4-5,10-12,14H,6-9,13,15H2,1-3H3,(H,32,33). The summed E-state index contributed by atoms with van der Waals surface area (Å²) in [7, 11) is 0. The summed E-state index contributed by atoms with van der Waals surface area (Å²) in [6, 6.07) is 8.75. The van der Waals surface area contributed by atoms with E-state index in [1.165, 1.54) is 12.3 Å². The number of fused-ring (bicyclic) bond motifs is 2. The molecule has 1 saturated heterocycles. The Morgan fingerprint density at radius 2 is 1.78 bits per heavy atom. The number of anilines is 1. The molecular formula is C26H28N4O7. The Hall–Kier alpha value is -4.12. The summed E-state index contributed by atoms with van der Waals surface area (Å²) in [6.45, 7) is 9.10. The molecule has 0 saturated carbocycles. The molecule has 3 aromatic rings. The van der Waals surface area contributed by atoms with Crippen LogP contribution in [0.4, 0.5) is 11.4 Å². The van der Waals surface area contributed by atoms with Crippen molar-refractivity contribution in [2.24, 2.45) is 0 Å². The zero-order chi connectivity index (χ0) is 26.5. The van der Waals surface area contributed by atoms with Gasteiger partial charge in [-0.05, 0) is 44.5 Å². The normalized spacial score (nSPS) is 15.8. The van der Waals surface area contributed by atoms with Crippen LogP contribution in [0.2, 0.25) is 0 Å². The van der Waals surface area contributed by atoms with E-state index in [0.717, 1.165) is 17.1 Å². The molecule has 2 aliphatic rings. The molecule has 1 N–H and O–H groups in total. The Bertz CT molecular complexity index is 1470. The van der Waals surface area contributed by atoms with Gasteiger partial charge in [0, 0.05) is 50.5 Å². The third-order valence-electron chi connectivity index (χ3n) is 6.81. The van der Waals surface area contributed by atoms with E-state index < -0.39 is 27.4 Å². The van der Waals surface area contributed by atoms with E-state index in [2.05, 4.69) is 4.90 Å². The maximum atomic E-state index is 12.9. The predicted molar refractivity (Wildman–Crippen MR) is 137 cm³/mol. The number of piperazine rings is 1. The number of nitro groups is 1. The topological polar surface area (TPSA) is 127 Å². The Kier molecular flexibility index (Phi) is 6.03. The van der Waals surface area contributed by atoms with Gasteiger partial charge in [-0.15, -0.1) is 0 Å². The molecule has 0 bridgehead atoms. The minimum atomic E-state index is -1.37. The van der Waals surface area contributed by atoms with E-state index in [1.807, 2.05) is 43.9 Å². The van der Waals surface area contributed by atoms with Gasteiger partial charge in [-0.1, -0.05) is 6.07 Å². The second kappa shape index (κ2) is 9.07. The summed E-state index contributed by atoms with van der Waals surface area (Å²) in [5.74, 6) is 0.107. The van der Waals surface area contributed by atoms with E-state index in [4.69, 9.17) is 9.47 Å². The summed E-state index contributed by atoms with van der Waals surface area (Å²) in [5, 5.41) is 21.6. The fraction of sp³-hybridized carbons (Fsp3) is 0.385. The second-order valence-electron chi connectivity index (χ2n) is 10.3. The average Bonchev–Trinajstić information content (AvgIpc) is 3.31. The monoisotopic (exact) mass is 508 g/mol. The highest BCUT2D eigenvalue weighted by Crippen LogP contribution is 2.35. The summed E-state index contributed by atoms with van der Waals surface area (Å²) >= 11 is 0. The van der Waals surface area contributed by atoms with E-state index in [-0.39, 0.29) is 17.9 Å². The first-order chi connectivity index (χ1) is 17.5. The maximum Gasteiger partial charge on any atom is 0.341 e. The zero-order valence-electron chi connectivity index (χ0n) is 20.9. The minimum absolute atomic E-state index is 0.0201. The number of carbonyl (C=O) groups is 1. The number of carboxylic acid groups (broad SMARTS) is 1. The van der Waals surface area contributed by atoms with Crippen molar-refractivity contribution < 1.29 is 24.3 Å². The van der Waals surface area contributed by atoms with E-state index in [1.54, 1.807) is 10.6 Å². The smallest absolute Gasteiger partial charge is 0.341 e. The molecule has 1 aromatic heterocycles. The van der Waals surface area contributed by atoms with Crippen LogP contribution < -0.4 is 19.8 Å². The maximum absolute atomic E-state index is 12.9. The summed E-state index contributed by atoms with van der Waals surface area (Å²) in [6.07, 6.45) is 1.33. The number of rotatable bonds is 5. The Morgan fingerprint density at radius 1 is 1.08 bits per heavy atom. The number of pyridine rings is 1. The fourth-order valence-electron chi connectivity index (χ4n) is 4.90. The van der Waals surface area contributed by atoms with Crippen LogP contribution in [0.1, 0.15) is 36.7 Å². The number of aromatic carboxylic acids is 1. The number of ether oxygens (including phenoxy) is 2. The zero-order valence-corrected chi connectivity index (χ0v) is 20.9. The number of hydrogen-bond donors (Lipinski definition) is 1. The van der Waals surface area contributed by atoms with Crippen molar-refractivity contribution in [2.45, 2.75) is 32.9 Å². The third-order valence-corrected chi connectivity index (χ3v) is 6.81. The van der Waals surface area contributed by atoms with Crippen molar-refractivity contribution in [3.63, 3.8) is 0 Å². The van der Waals surface area contributed by atoms with E-state index in [9.17, 15) is 24.8 Å². The number of aromatic nitrogens is 1. The molecule has 37 heavy (non-hydrogen) atoms. The number of nitro benzene ring substituents is 1. The molecule has 5 rings (SSSR count). The molecule has 11 heteroatoms. The lowest BCUT2D eigenvalue weighted by molar-refractivity contribution is -0.384. The number of benzene rings is 2. The molecule has 2 aromatic carbocycles. The molecule has 2 aliphatic heterocycles. The van der Waals surface area contributed by atoms with Gasteiger partial charge in [-0.3, -0.25) is 19.8 Å². The lowest BCUT2D eigenvalue weighted by Crippen LogP contribution is -2.46. The molecule has 0 amide bonds. The predicted octanol–water partition coefficient (Wildman–Crippen LogP) is 3.41. The number of nitrogens with zero attached hydrogens (tertiary/aromatic N) is 4. The molecule has 3 heterocycles. The van der Waals surface area contributed by atoms with Crippen molar-refractivity contribution in [1.29, 1.82) is 0 Å². The lowest BCUT2D eigenvalue weighted by atomic mass is 10.0. The first-order valence-electron chi connectivity index (χ1n) is 12.0. The largest absolute Gasteiger partial charge is 0.477 e. The molecule has 11 nitrogen and oxygen atoms in total. The van der Waals surface area contributed by atoms with Gasteiger partial charge in [0.25, 0.3) is 5.69 Å². The highest BCUT2D eigenvalue weighted by molar-refractivity contribution is 5.95. The molecule has 194 valence electrons. The van der Waals surface area contributed by atoms with Crippen LogP contribution in [-0.4, -0.2) is 58.4 Å². The van der Waals surface area contributed by atoms with Crippen LogP contribution in [-0.2, 0) is 12.1 Å². The van der Waals surface area contributed by atoms with Crippen LogP contribution in [0.3, 0.4) is 0 Å². The van der Waals surface area contributed by atoms with Crippen molar-refractivity contribution >= 4 is 28.2 Å². The molecule has 0 aliphatic carbocycles. The van der Waals surface area contributed by atoms with Crippen molar-refractivity contribution in [2.75, 3.05) is 37.9 Å². The Balaban J connectivity index is 1.46. The van der Waals surface area contributed by atoms with Gasteiger partial charge in [0.05, 0.1) is 15.8 Å². The van der Waals surface area contributed by atoms with Gasteiger partial charge in [0.1, 0.15) is 11.3 Å². The second-order valence-corrected chi connectivity index (χ2v) is 10.3. The van der Waals surface area contributed by atoms with Crippen LogP contribution in [0, 0.1) is 10.1 Å². The van der Waals surface area contributed by atoms with Gasteiger partial charge in [-0.2, -0.15) is 0 Å². The molecule has 0 radical (unpaired) electrons. The van der Waals surface area contributed by atoms with Gasteiger partial charge >= 0.3 is 5.97 Å². The van der Waals surface area contributed by atoms with Crippen LogP contribution in [0.25, 0.3) is 10.9 Å². The molecule has 0 spiro atoms. The van der Waals surface area contributed by atoms with Crippen LogP contribution in [0.15, 0.2) is 41.3 Å². The van der Waals surface area contributed by atoms with Crippen molar-refractivity contribution in [3.8, 4) is 11.5 Å². The van der Waals surface area contributed by atoms with Crippen molar-refractivity contribution in [1.82, 2.24) is 9.47 Å². The Morgan fingerprint density at radius 3 is 2.43 bits per heavy atom. The fourth-order valence-corrected chi connectivity index (χ4v) is 4.90. The third kappa shape index (κ3) is 4.57. The van der Waals surface area contributed by atoms with E-state index >= 15 is 0 Å². The number of hydrogen-bond acceptors (Lipinski definition) is 8. The highest BCUT2D eigenvalue weighted by Gasteiger charge is 2.29. The lowest BCUT2D eigenvalue weighted by Gasteiger charge is -2.36. The summed E-state index contributed by atoms with van der Waals surface area (Å²) in [4.78, 5) is 40.4. The first kappa shape index (κ1) is 24.6.